The highest BCUT2D eigenvalue weighted by molar-refractivity contribution is 5.62. The maximum atomic E-state index is 10.4. The van der Waals surface area contributed by atoms with Crippen molar-refractivity contribution >= 4 is 5.69 Å². The van der Waals surface area contributed by atoms with E-state index in [1.807, 2.05) is 0 Å². The SMILES string of the molecule is C[C@@]12CC[C@@H]3c4ccc(O)c(N)c4CC[C@@H]3[C@@H]1CC[C@@H]2O. The number of hydrogen-bond donors (Lipinski definition) is 3. The van der Waals surface area contributed by atoms with Crippen molar-refractivity contribution < 1.29 is 10.2 Å². The summed E-state index contributed by atoms with van der Waals surface area (Å²) in [4.78, 5) is 0. The van der Waals surface area contributed by atoms with E-state index in [9.17, 15) is 10.2 Å². The van der Waals surface area contributed by atoms with Gasteiger partial charge in [-0.25, -0.2) is 0 Å². The van der Waals surface area contributed by atoms with Crippen LogP contribution in [0.15, 0.2) is 12.1 Å². The van der Waals surface area contributed by atoms with E-state index in [0.717, 1.165) is 32.1 Å². The number of phenols is 1. The molecule has 5 atom stereocenters. The van der Waals surface area contributed by atoms with Crippen molar-refractivity contribution in [1.82, 2.24) is 0 Å². The number of rotatable bonds is 0. The number of phenolic OH excluding ortho intramolecular Hbond substituents is 1. The van der Waals surface area contributed by atoms with Crippen LogP contribution in [0.4, 0.5) is 5.69 Å². The van der Waals surface area contributed by atoms with E-state index < -0.39 is 0 Å². The van der Waals surface area contributed by atoms with Crippen molar-refractivity contribution in [3.05, 3.63) is 23.3 Å². The third-order valence-electron chi connectivity index (χ3n) is 6.88. The molecule has 2 fully saturated rings. The zero-order valence-corrected chi connectivity index (χ0v) is 12.7. The summed E-state index contributed by atoms with van der Waals surface area (Å²) in [7, 11) is 0. The number of nitrogens with two attached hydrogens (primary N) is 1. The number of aliphatic hydroxyl groups excluding tert-OH is 1. The molecule has 0 aromatic heterocycles. The minimum atomic E-state index is -0.116. The Labute approximate surface area is 126 Å². The first-order valence-electron chi connectivity index (χ1n) is 8.30. The summed E-state index contributed by atoms with van der Waals surface area (Å²) in [5, 5.41) is 20.2. The van der Waals surface area contributed by atoms with Crippen molar-refractivity contribution in [2.75, 3.05) is 5.73 Å². The largest absolute Gasteiger partial charge is 0.506 e. The number of benzene rings is 1. The Morgan fingerprint density at radius 3 is 2.81 bits per heavy atom. The van der Waals surface area contributed by atoms with Gasteiger partial charge in [0.1, 0.15) is 5.75 Å². The predicted octanol–water partition coefficient (Wildman–Crippen LogP) is 3.19. The van der Waals surface area contributed by atoms with Crippen LogP contribution >= 0.6 is 0 Å². The highest BCUT2D eigenvalue weighted by Crippen LogP contribution is 2.61. The van der Waals surface area contributed by atoms with Gasteiger partial charge in [-0.3, -0.25) is 0 Å². The quantitative estimate of drug-likeness (QED) is 0.507. The lowest BCUT2D eigenvalue weighted by Gasteiger charge is -2.50. The van der Waals surface area contributed by atoms with Gasteiger partial charge in [0, 0.05) is 0 Å². The summed E-state index contributed by atoms with van der Waals surface area (Å²) in [5.41, 5.74) is 9.35. The molecule has 0 saturated heterocycles. The molecule has 3 nitrogen and oxygen atoms in total. The van der Waals surface area contributed by atoms with Crippen LogP contribution in [0.25, 0.3) is 0 Å². The highest BCUT2D eigenvalue weighted by Gasteiger charge is 2.54. The van der Waals surface area contributed by atoms with E-state index in [1.165, 1.54) is 17.5 Å². The Bertz CT molecular complexity index is 585. The van der Waals surface area contributed by atoms with Crippen LogP contribution in [-0.2, 0) is 6.42 Å². The van der Waals surface area contributed by atoms with Crippen LogP contribution in [0, 0.1) is 17.3 Å². The summed E-state index contributed by atoms with van der Waals surface area (Å²) in [5.74, 6) is 2.12. The molecule has 3 aliphatic carbocycles. The van der Waals surface area contributed by atoms with Gasteiger partial charge in [0.15, 0.2) is 0 Å². The minimum Gasteiger partial charge on any atom is -0.506 e. The minimum absolute atomic E-state index is 0.116. The topological polar surface area (TPSA) is 66.5 Å². The monoisotopic (exact) mass is 287 g/mol. The Balaban J connectivity index is 1.74. The summed E-state index contributed by atoms with van der Waals surface area (Å²) >= 11 is 0. The van der Waals surface area contributed by atoms with Crippen LogP contribution < -0.4 is 5.73 Å². The standard InChI is InChI=1S/C18H25NO2/c1-18-9-8-11-10-4-6-15(20)17(19)13(10)3-2-12(11)14(18)5-7-16(18)21/h4,6,11-12,14,16,20-21H,2-3,5,7-9,19H2,1H3/t11-,12+,14+,16+,18-/m1/s1. The molecule has 2 saturated carbocycles. The molecule has 0 radical (unpaired) electrons. The molecular weight excluding hydrogens is 262 g/mol. The second kappa shape index (κ2) is 4.39. The second-order valence-corrected chi connectivity index (χ2v) is 7.62. The Morgan fingerprint density at radius 2 is 2.00 bits per heavy atom. The first-order valence-corrected chi connectivity index (χ1v) is 8.30. The molecule has 1 aromatic rings. The summed E-state index contributed by atoms with van der Waals surface area (Å²) < 4.78 is 0. The van der Waals surface area contributed by atoms with Crippen LogP contribution in [0.5, 0.6) is 5.75 Å². The fourth-order valence-corrected chi connectivity index (χ4v) is 5.66. The van der Waals surface area contributed by atoms with Crippen LogP contribution in [-0.4, -0.2) is 16.3 Å². The maximum Gasteiger partial charge on any atom is 0.138 e. The van der Waals surface area contributed by atoms with E-state index in [2.05, 4.69) is 13.0 Å². The summed E-state index contributed by atoms with van der Waals surface area (Å²) in [6, 6.07) is 3.85. The van der Waals surface area contributed by atoms with Crippen LogP contribution in [0.1, 0.15) is 56.1 Å². The summed E-state index contributed by atoms with van der Waals surface area (Å²) in [6.45, 7) is 2.30. The first kappa shape index (κ1) is 13.4. The van der Waals surface area contributed by atoms with Crippen molar-refractivity contribution in [2.45, 2.75) is 57.5 Å². The van der Waals surface area contributed by atoms with Gasteiger partial charge in [0.25, 0.3) is 0 Å². The molecule has 4 N–H and O–H groups in total. The van der Waals surface area contributed by atoms with Gasteiger partial charge < -0.3 is 15.9 Å². The smallest absolute Gasteiger partial charge is 0.138 e. The van der Waals surface area contributed by atoms with Crippen LogP contribution in [0.2, 0.25) is 0 Å². The molecule has 0 spiro atoms. The normalized spacial score (nSPS) is 41.2. The van der Waals surface area contributed by atoms with Crippen molar-refractivity contribution in [2.24, 2.45) is 17.3 Å². The molecule has 21 heavy (non-hydrogen) atoms. The molecular formula is C18H25NO2. The third kappa shape index (κ3) is 1.70. The maximum absolute atomic E-state index is 10.4. The average molecular weight is 287 g/mol. The Morgan fingerprint density at radius 1 is 1.19 bits per heavy atom. The van der Waals surface area contributed by atoms with E-state index in [-0.39, 0.29) is 17.3 Å². The number of aromatic hydroxyl groups is 1. The third-order valence-corrected chi connectivity index (χ3v) is 6.88. The van der Waals surface area contributed by atoms with Gasteiger partial charge in [-0.1, -0.05) is 13.0 Å². The first-order chi connectivity index (χ1) is 10.0. The zero-order chi connectivity index (χ0) is 14.8. The van der Waals surface area contributed by atoms with Gasteiger partial charge in [0.05, 0.1) is 11.8 Å². The van der Waals surface area contributed by atoms with Gasteiger partial charge in [-0.2, -0.15) is 0 Å². The molecule has 0 aliphatic heterocycles. The number of hydrogen-bond acceptors (Lipinski definition) is 3. The van der Waals surface area contributed by atoms with Crippen LogP contribution in [0.3, 0.4) is 0 Å². The number of aliphatic hydroxyl groups is 1. The molecule has 4 rings (SSSR count). The van der Waals surface area contributed by atoms with E-state index >= 15 is 0 Å². The molecule has 3 aliphatic rings. The molecule has 0 amide bonds. The lowest BCUT2D eigenvalue weighted by Crippen LogP contribution is -2.44. The predicted molar refractivity (Wildman–Crippen MR) is 83.1 cm³/mol. The van der Waals surface area contributed by atoms with Gasteiger partial charge in [-0.15, -0.1) is 0 Å². The molecule has 3 heteroatoms. The fraction of sp³-hybridized carbons (Fsp3) is 0.667. The van der Waals surface area contributed by atoms with E-state index in [1.54, 1.807) is 6.07 Å². The Kier molecular flexibility index (Phi) is 2.81. The van der Waals surface area contributed by atoms with Gasteiger partial charge in [-0.05, 0) is 78.9 Å². The number of nitrogen functional groups attached to an aromatic ring is 1. The molecule has 1 aromatic carbocycles. The second-order valence-electron chi connectivity index (χ2n) is 7.62. The van der Waals surface area contributed by atoms with E-state index in [4.69, 9.17) is 5.73 Å². The summed E-state index contributed by atoms with van der Waals surface area (Å²) in [6.07, 6.45) is 6.40. The van der Waals surface area contributed by atoms with Crippen molar-refractivity contribution in [1.29, 1.82) is 0 Å². The van der Waals surface area contributed by atoms with Gasteiger partial charge in [0.2, 0.25) is 0 Å². The highest BCUT2D eigenvalue weighted by atomic mass is 16.3. The number of fused-ring (bicyclic) bond motifs is 5. The van der Waals surface area contributed by atoms with Crippen molar-refractivity contribution in [3.63, 3.8) is 0 Å². The average Bonchev–Trinajstić information content (AvgIpc) is 2.78. The Hall–Kier alpha value is -1.22. The molecule has 0 heterocycles. The lowest BCUT2D eigenvalue weighted by molar-refractivity contribution is -0.0225. The molecule has 0 bridgehead atoms. The van der Waals surface area contributed by atoms with Crippen molar-refractivity contribution in [3.8, 4) is 5.75 Å². The molecule has 114 valence electrons. The molecule has 0 unspecified atom stereocenters. The lowest BCUT2D eigenvalue weighted by atomic mass is 9.55. The fourth-order valence-electron chi connectivity index (χ4n) is 5.66. The van der Waals surface area contributed by atoms with Gasteiger partial charge >= 0.3 is 0 Å². The van der Waals surface area contributed by atoms with E-state index in [0.29, 0.717) is 23.4 Å². The number of anilines is 1. The zero-order valence-electron chi connectivity index (χ0n) is 12.7.